The number of nitriles is 1. The van der Waals surface area contributed by atoms with E-state index in [1.54, 1.807) is 13.3 Å². The lowest BCUT2D eigenvalue weighted by Gasteiger charge is -2.26. The Bertz CT molecular complexity index is 646. The van der Waals surface area contributed by atoms with Gasteiger partial charge in [-0.1, -0.05) is 26.0 Å². The standard InChI is InChI=1S/C17H21N3O/c1-13(2)12-20(11-5-9-18)17-15-6-4-7-16(21-3)14(15)8-10-19-17/h4,6-8,10,13H,5,11-12H2,1-3H3. The van der Waals surface area contributed by atoms with Crippen molar-refractivity contribution in [2.75, 3.05) is 25.1 Å². The molecule has 0 unspecified atom stereocenters. The SMILES string of the molecule is COc1cccc2c(N(CCC#N)CC(C)C)nccc12. The number of fused-ring (bicyclic) bond motifs is 1. The molecule has 0 aliphatic heterocycles. The Balaban J connectivity index is 2.49. The molecule has 1 heterocycles. The lowest BCUT2D eigenvalue weighted by molar-refractivity contribution is 0.420. The Kier molecular flexibility index (Phi) is 4.99. The van der Waals surface area contributed by atoms with E-state index >= 15 is 0 Å². The van der Waals surface area contributed by atoms with Crippen molar-refractivity contribution in [3.8, 4) is 11.8 Å². The fourth-order valence-corrected chi connectivity index (χ4v) is 2.50. The fraction of sp³-hybridized carbons (Fsp3) is 0.412. The van der Waals surface area contributed by atoms with Gasteiger partial charge < -0.3 is 9.64 Å². The van der Waals surface area contributed by atoms with E-state index in [4.69, 9.17) is 10.00 Å². The van der Waals surface area contributed by atoms with Gasteiger partial charge in [0.1, 0.15) is 11.6 Å². The Morgan fingerprint density at radius 1 is 1.29 bits per heavy atom. The van der Waals surface area contributed by atoms with Gasteiger partial charge in [-0.15, -0.1) is 0 Å². The first kappa shape index (κ1) is 15.1. The number of hydrogen-bond acceptors (Lipinski definition) is 4. The molecule has 1 aromatic carbocycles. The van der Waals surface area contributed by atoms with E-state index in [0.717, 1.165) is 28.9 Å². The summed E-state index contributed by atoms with van der Waals surface area (Å²) in [7, 11) is 1.68. The van der Waals surface area contributed by atoms with Crippen LogP contribution in [0.1, 0.15) is 20.3 Å². The van der Waals surface area contributed by atoms with E-state index in [9.17, 15) is 0 Å². The van der Waals surface area contributed by atoms with Crippen molar-refractivity contribution >= 4 is 16.6 Å². The molecule has 4 nitrogen and oxygen atoms in total. The third kappa shape index (κ3) is 3.43. The van der Waals surface area contributed by atoms with Crippen molar-refractivity contribution in [2.24, 2.45) is 5.92 Å². The first-order valence-corrected chi connectivity index (χ1v) is 7.21. The van der Waals surface area contributed by atoms with Crippen molar-refractivity contribution in [3.05, 3.63) is 30.5 Å². The molecule has 0 saturated carbocycles. The first-order chi connectivity index (χ1) is 10.2. The maximum absolute atomic E-state index is 8.87. The summed E-state index contributed by atoms with van der Waals surface area (Å²) in [6.07, 6.45) is 2.30. The van der Waals surface area contributed by atoms with E-state index in [-0.39, 0.29) is 0 Å². The van der Waals surface area contributed by atoms with Gasteiger partial charge >= 0.3 is 0 Å². The molecule has 21 heavy (non-hydrogen) atoms. The molecule has 4 heteroatoms. The monoisotopic (exact) mass is 283 g/mol. The van der Waals surface area contributed by atoms with Gasteiger partial charge in [0.05, 0.1) is 19.6 Å². The van der Waals surface area contributed by atoms with Crippen LogP contribution in [0.5, 0.6) is 5.75 Å². The number of ether oxygens (including phenoxy) is 1. The van der Waals surface area contributed by atoms with Crippen LogP contribution in [0.2, 0.25) is 0 Å². The molecule has 0 spiro atoms. The van der Waals surface area contributed by atoms with Crippen LogP contribution in [-0.4, -0.2) is 25.2 Å². The number of nitrogens with zero attached hydrogens (tertiary/aromatic N) is 3. The molecular weight excluding hydrogens is 262 g/mol. The normalized spacial score (nSPS) is 10.6. The van der Waals surface area contributed by atoms with Crippen molar-refractivity contribution in [3.63, 3.8) is 0 Å². The summed E-state index contributed by atoms with van der Waals surface area (Å²) >= 11 is 0. The van der Waals surface area contributed by atoms with Crippen LogP contribution in [0.3, 0.4) is 0 Å². The van der Waals surface area contributed by atoms with Gasteiger partial charge in [0, 0.05) is 30.1 Å². The maximum atomic E-state index is 8.87. The zero-order chi connectivity index (χ0) is 15.2. The van der Waals surface area contributed by atoms with Crippen molar-refractivity contribution < 1.29 is 4.74 Å². The summed E-state index contributed by atoms with van der Waals surface area (Å²) < 4.78 is 5.43. The van der Waals surface area contributed by atoms with Crippen LogP contribution >= 0.6 is 0 Å². The van der Waals surface area contributed by atoms with E-state index in [2.05, 4.69) is 35.9 Å². The van der Waals surface area contributed by atoms with Crippen molar-refractivity contribution in [1.82, 2.24) is 4.98 Å². The van der Waals surface area contributed by atoms with Gasteiger partial charge in [0.2, 0.25) is 0 Å². The topological polar surface area (TPSA) is 49.1 Å². The number of anilines is 1. The number of benzene rings is 1. The molecule has 0 atom stereocenters. The first-order valence-electron chi connectivity index (χ1n) is 7.21. The zero-order valence-electron chi connectivity index (χ0n) is 12.8. The fourth-order valence-electron chi connectivity index (χ4n) is 2.50. The number of pyridine rings is 1. The summed E-state index contributed by atoms with van der Waals surface area (Å²) in [4.78, 5) is 6.74. The third-order valence-electron chi connectivity index (χ3n) is 3.34. The van der Waals surface area contributed by atoms with Gasteiger partial charge in [-0.25, -0.2) is 4.98 Å². The quantitative estimate of drug-likeness (QED) is 0.812. The largest absolute Gasteiger partial charge is 0.496 e. The van der Waals surface area contributed by atoms with E-state index in [1.165, 1.54) is 0 Å². The van der Waals surface area contributed by atoms with Gasteiger partial charge in [-0.3, -0.25) is 0 Å². The summed E-state index contributed by atoms with van der Waals surface area (Å²) in [5.41, 5.74) is 0. The minimum absolute atomic E-state index is 0.495. The second-order valence-electron chi connectivity index (χ2n) is 5.44. The highest BCUT2D eigenvalue weighted by atomic mass is 16.5. The molecule has 0 fully saturated rings. The van der Waals surface area contributed by atoms with Crippen LogP contribution < -0.4 is 9.64 Å². The van der Waals surface area contributed by atoms with Crippen LogP contribution in [0.25, 0.3) is 10.8 Å². The number of rotatable bonds is 6. The molecule has 2 aromatic rings. The Morgan fingerprint density at radius 3 is 2.76 bits per heavy atom. The average Bonchev–Trinajstić information content (AvgIpc) is 2.50. The number of aromatic nitrogens is 1. The highest BCUT2D eigenvalue weighted by Crippen LogP contribution is 2.31. The molecule has 0 N–H and O–H groups in total. The van der Waals surface area contributed by atoms with E-state index in [1.807, 2.05) is 18.2 Å². The maximum Gasteiger partial charge on any atom is 0.136 e. The minimum atomic E-state index is 0.495. The second kappa shape index (κ2) is 6.94. The summed E-state index contributed by atoms with van der Waals surface area (Å²) in [6, 6.07) is 10.2. The highest BCUT2D eigenvalue weighted by Gasteiger charge is 2.14. The molecule has 0 saturated heterocycles. The molecule has 2 rings (SSSR count). The zero-order valence-corrected chi connectivity index (χ0v) is 12.8. The molecule has 0 bridgehead atoms. The van der Waals surface area contributed by atoms with Gasteiger partial charge in [0.15, 0.2) is 0 Å². The van der Waals surface area contributed by atoms with E-state index in [0.29, 0.717) is 18.9 Å². The van der Waals surface area contributed by atoms with Crippen molar-refractivity contribution in [1.29, 1.82) is 5.26 Å². The summed E-state index contributed by atoms with van der Waals surface area (Å²) in [5, 5.41) is 11.0. The van der Waals surface area contributed by atoms with Crippen LogP contribution in [0, 0.1) is 17.2 Å². The predicted octanol–water partition coefficient (Wildman–Crippen LogP) is 3.62. The molecule has 110 valence electrons. The van der Waals surface area contributed by atoms with E-state index < -0.39 is 0 Å². The molecule has 0 aliphatic rings. The molecular formula is C17H21N3O. The van der Waals surface area contributed by atoms with Gasteiger partial charge in [-0.2, -0.15) is 5.26 Å². The summed E-state index contributed by atoms with van der Waals surface area (Å²) in [6.45, 7) is 5.92. The smallest absolute Gasteiger partial charge is 0.136 e. The second-order valence-corrected chi connectivity index (χ2v) is 5.44. The lowest BCUT2D eigenvalue weighted by atomic mass is 10.1. The Hall–Kier alpha value is -2.28. The number of hydrogen-bond donors (Lipinski definition) is 0. The van der Waals surface area contributed by atoms with Gasteiger partial charge in [-0.05, 0) is 18.1 Å². The molecule has 0 aliphatic carbocycles. The minimum Gasteiger partial charge on any atom is -0.496 e. The molecule has 1 aromatic heterocycles. The average molecular weight is 283 g/mol. The highest BCUT2D eigenvalue weighted by molar-refractivity contribution is 5.96. The summed E-state index contributed by atoms with van der Waals surface area (Å²) in [5.74, 6) is 2.28. The Morgan fingerprint density at radius 2 is 2.10 bits per heavy atom. The Labute approximate surface area is 126 Å². The third-order valence-corrected chi connectivity index (χ3v) is 3.34. The van der Waals surface area contributed by atoms with Crippen molar-refractivity contribution in [2.45, 2.75) is 20.3 Å². The van der Waals surface area contributed by atoms with Crippen LogP contribution in [0.15, 0.2) is 30.5 Å². The van der Waals surface area contributed by atoms with Crippen LogP contribution in [0.4, 0.5) is 5.82 Å². The molecule has 0 amide bonds. The van der Waals surface area contributed by atoms with Crippen LogP contribution in [-0.2, 0) is 0 Å². The molecule has 0 radical (unpaired) electrons. The predicted molar refractivity (Wildman–Crippen MR) is 85.6 cm³/mol. The lowest BCUT2D eigenvalue weighted by Crippen LogP contribution is -2.29. The number of methoxy groups -OCH3 is 1. The van der Waals surface area contributed by atoms with Gasteiger partial charge in [0.25, 0.3) is 0 Å².